The zero-order chi connectivity index (χ0) is 15.5. The number of nitrogens with zero attached hydrogens (tertiary/aromatic N) is 1. The minimum atomic E-state index is 0.236. The lowest BCUT2D eigenvalue weighted by Crippen LogP contribution is -2.45. The molecule has 2 aliphatic rings. The topological polar surface area (TPSA) is 38.8 Å². The Balaban J connectivity index is 1.72. The van der Waals surface area contributed by atoms with Crippen LogP contribution in [-0.2, 0) is 11.2 Å². The monoisotopic (exact) mass is 303 g/mol. The van der Waals surface area contributed by atoms with Crippen LogP contribution in [0.3, 0.4) is 0 Å². The van der Waals surface area contributed by atoms with Gasteiger partial charge >= 0.3 is 0 Å². The first-order chi connectivity index (χ1) is 10.7. The Bertz CT molecular complexity index is 537. The van der Waals surface area contributed by atoms with Crippen LogP contribution in [0.15, 0.2) is 18.2 Å². The van der Waals surface area contributed by atoms with Gasteiger partial charge in [-0.25, -0.2) is 0 Å². The molecule has 120 valence electrons. The van der Waals surface area contributed by atoms with E-state index < -0.39 is 0 Å². The van der Waals surface area contributed by atoms with E-state index >= 15 is 0 Å². The minimum Gasteiger partial charge on any atom is -0.454 e. The summed E-state index contributed by atoms with van der Waals surface area (Å²) < 4.78 is 10.7. The maximum Gasteiger partial charge on any atom is 0.231 e. The molecule has 22 heavy (non-hydrogen) atoms. The SMILES string of the molecule is CC[C@@H](C)N(C(=O)Cc1ccc2c(c1)OCO2)C1CCCC1. The van der Waals surface area contributed by atoms with E-state index in [0.717, 1.165) is 36.3 Å². The number of hydrogen-bond donors (Lipinski definition) is 0. The quantitative estimate of drug-likeness (QED) is 0.835. The highest BCUT2D eigenvalue weighted by Crippen LogP contribution is 2.33. The lowest BCUT2D eigenvalue weighted by molar-refractivity contribution is -0.135. The van der Waals surface area contributed by atoms with Crippen molar-refractivity contribution in [3.8, 4) is 11.5 Å². The lowest BCUT2D eigenvalue weighted by atomic mass is 10.1. The van der Waals surface area contributed by atoms with Gasteiger partial charge in [0.2, 0.25) is 12.7 Å². The molecule has 4 heteroatoms. The molecule has 1 heterocycles. The Morgan fingerprint density at radius 2 is 2.00 bits per heavy atom. The van der Waals surface area contributed by atoms with Crippen LogP contribution >= 0.6 is 0 Å². The molecule has 0 aromatic heterocycles. The van der Waals surface area contributed by atoms with Gasteiger partial charge in [0.25, 0.3) is 0 Å². The highest BCUT2D eigenvalue weighted by atomic mass is 16.7. The van der Waals surface area contributed by atoms with E-state index in [0.29, 0.717) is 18.5 Å². The zero-order valence-electron chi connectivity index (χ0n) is 13.5. The summed E-state index contributed by atoms with van der Waals surface area (Å²) >= 11 is 0. The third-order valence-electron chi connectivity index (χ3n) is 4.86. The van der Waals surface area contributed by atoms with Crippen LogP contribution in [0.2, 0.25) is 0 Å². The fourth-order valence-electron chi connectivity index (χ4n) is 3.51. The predicted octanol–water partition coefficient (Wildman–Crippen LogP) is 3.53. The molecule has 4 nitrogen and oxygen atoms in total. The van der Waals surface area contributed by atoms with Gasteiger partial charge in [0.05, 0.1) is 6.42 Å². The molecule has 0 spiro atoms. The number of rotatable bonds is 5. The first-order valence-corrected chi connectivity index (χ1v) is 8.38. The van der Waals surface area contributed by atoms with Gasteiger partial charge in [0.1, 0.15) is 0 Å². The Labute approximate surface area is 132 Å². The Morgan fingerprint density at radius 1 is 1.27 bits per heavy atom. The van der Waals surface area contributed by atoms with Crippen LogP contribution in [0, 0.1) is 0 Å². The normalized spacial score (nSPS) is 18.5. The second kappa shape index (κ2) is 6.59. The number of carbonyl (C=O) groups excluding carboxylic acids is 1. The maximum atomic E-state index is 12.9. The summed E-state index contributed by atoms with van der Waals surface area (Å²) in [5.41, 5.74) is 1.00. The molecule has 1 aromatic carbocycles. The molecule has 0 unspecified atom stereocenters. The average Bonchev–Trinajstić information content (AvgIpc) is 3.18. The molecular formula is C18H25NO3. The van der Waals surface area contributed by atoms with Crippen LogP contribution < -0.4 is 9.47 Å². The molecule has 0 saturated heterocycles. The van der Waals surface area contributed by atoms with Gasteiger partial charge in [-0.15, -0.1) is 0 Å². The summed E-state index contributed by atoms with van der Waals surface area (Å²) in [4.78, 5) is 15.0. The molecule has 0 bridgehead atoms. The van der Waals surface area contributed by atoms with E-state index in [1.54, 1.807) is 0 Å². The van der Waals surface area contributed by atoms with Crippen molar-refractivity contribution in [2.75, 3.05) is 6.79 Å². The summed E-state index contributed by atoms with van der Waals surface area (Å²) in [5, 5.41) is 0. The van der Waals surface area contributed by atoms with Crippen LogP contribution in [0.5, 0.6) is 11.5 Å². The smallest absolute Gasteiger partial charge is 0.231 e. The molecule has 1 aliphatic carbocycles. The van der Waals surface area contributed by atoms with E-state index in [4.69, 9.17) is 9.47 Å². The molecule has 1 aromatic rings. The van der Waals surface area contributed by atoms with Crippen molar-refractivity contribution in [1.82, 2.24) is 4.90 Å². The van der Waals surface area contributed by atoms with E-state index in [2.05, 4.69) is 18.7 Å². The molecular weight excluding hydrogens is 278 g/mol. The summed E-state index contributed by atoms with van der Waals surface area (Å²) in [6.07, 6.45) is 6.24. The van der Waals surface area contributed by atoms with Crippen molar-refractivity contribution >= 4 is 5.91 Å². The van der Waals surface area contributed by atoms with Crippen molar-refractivity contribution in [1.29, 1.82) is 0 Å². The van der Waals surface area contributed by atoms with E-state index in [9.17, 15) is 4.79 Å². The van der Waals surface area contributed by atoms with Gasteiger partial charge < -0.3 is 14.4 Å². The summed E-state index contributed by atoms with van der Waals surface area (Å²) in [6.45, 7) is 4.59. The fraction of sp³-hybridized carbons (Fsp3) is 0.611. The summed E-state index contributed by atoms with van der Waals surface area (Å²) in [5.74, 6) is 1.76. The Morgan fingerprint density at radius 3 is 2.73 bits per heavy atom. The molecule has 1 aliphatic heterocycles. The highest BCUT2D eigenvalue weighted by molar-refractivity contribution is 5.79. The van der Waals surface area contributed by atoms with Crippen molar-refractivity contribution < 1.29 is 14.3 Å². The first-order valence-electron chi connectivity index (χ1n) is 8.38. The molecule has 1 saturated carbocycles. The highest BCUT2D eigenvalue weighted by Gasteiger charge is 2.29. The Kier molecular flexibility index (Phi) is 4.55. The van der Waals surface area contributed by atoms with Gasteiger partial charge in [0, 0.05) is 12.1 Å². The fourth-order valence-corrected chi connectivity index (χ4v) is 3.51. The maximum absolute atomic E-state index is 12.9. The Hall–Kier alpha value is -1.71. The summed E-state index contributed by atoms with van der Waals surface area (Å²) in [7, 11) is 0. The molecule has 3 rings (SSSR count). The first kappa shape index (κ1) is 15.2. The lowest BCUT2D eigenvalue weighted by Gasteiger charge is -2.34. The van der Waals surface area contributed by atoms with E-state index in [1.807, 2.05) is 18.2 Å². The van der Waals surface area contributed by atoms with Crippen molar-refractivity contribution in [3.05, 3.63) is 23.8 Å². The van der Waals surface area contributed by atoms with Crippen molar-refractivity contribution in [2.45, 2.75) is 64.5 Å². The van der Waals surface area contributed by atoms with Crippen LogP contribution in [0.1, 0.15) is 51.5 Å². The van der Waals surface area contributed by atoms with Gasteiger partial charge in [-0.05, 0) is 43.9 Å². The average molecular weight is 303 g/mol. The van der Waals surface area contributed by atoms with Crippen LogP contribution in [-0.4, -0.2) is 29.7 Å². The zero-order valence-corrected chi connectivity index (χ0v) is 13.5. The molecule has 0 radical (unpaired) electrons. The second-order valence-electron chi connectivity index (χ2n) is 6.36. The standard InChI is InChI=1S/C18H25NO3/c1-3-13(2)19(15-6-4-5-7-15)18(20)11-14-8-9-16-17(10-14)22-12-21-16/h8-10,13,15H,3-7,11-12H2,1-2H3/t13-/m1/s1. The van der Waals surface area contributed by atoms with E-state index in [-0.39, 0.29) is 12.7 Å². The van der Waals surface area contributed by atoms with Crippen molar-refractivity contribution in [3.63, 3.8) is 0 Å². The van der Waals surface area contributed by atoms with Crippen molar-refractivity contribution in [2.24, 2.45) is 0 Å². The van der Waals surface area contributed by atoms with Gasteiger partial charge in [-0.1, -0.05) is 25.8 Å². The largest absolute Gasteiger partial charge is 0.454 e. The number of carbonyl (C=O) groups is 1. The predicted molar refractivity (Wildman–Crippen MR) is 85.1 cm³/mol. The number of amides is 1. The summed E-state index contributed by atoms with van der Waals surface area (Å²) in [6, 6.07) is 6.54. The second-order valence-corrected chi connectivity index (χ2v) is 6.36. The van der Waals surface area contributed by atoms with Gasteiger partial charge in [0.15, 0.2) is 11.5 Å². The van der Waals surface area contributed by atoms with Crippen LogP contribution in [0.25, 0.3) is 0 Å². The molecule has 1 atom stereocenters. The number of ether oxygens (including phenoxy) is 2. The third-order valence-corrected chi connectivity index (χ3v) is 4.86. The van der Waals surface area contributed by atoms with Gasteiger partial charge in [-0.2, -0.15) is 0 Å². The molecule has 1 fully saturated rings. The minimum absolute atomic E-state index is 0.236. The number of benzene rings is 1. The van der Waals surface area contributed by atoms with Crippen LogP contribution in [0.4, 0.5) is 0 Å². The van der Waals surface area contributed by atoms with E-state index in [1.165, 1.54) is 12.8 Å². The molecule has 1 amide bonds. The third kappa shape index (κ3) is 3.06. The number of fused-ring (bicyclic) bond motifs is 1. The number of hydrogen-bond acceptors (Lipinski definition) is 3. The molecule has 0 N–H and O–H groups in total. The van der Waals surface area contributed by atoms with Gasteiger partial charge in [-0.3, -0.25) is 4.79 Å².